The van der Waals surface area contributed by atoms with Crippen molar-refractivity contribution in [1.29, 1.82) is 0 Å². The number of rotatable bonds is 2. The minimum Gasteiger partial charge on any atom is -0.444 e. The van der Waals surface area contributed by atoms with Crippen LogP contribution in [0.15, 0.2) is 0 Å². The minimum atomic E-state index is -0.471. The quantitative estimate of drug-likeness (QED) is 0.513. The second-order valence-corrected chi connectivity index (χ2v) is 3.69. The molecule has 0 unspecified atom stereocenters. The molecule has 80 valence electrons. The van der Waals surface area contributed by atoms with Crippen LogP contribution in [0.1, 0.15) is 27.2 Å². The summed E-state index contributed by atoms with van der Waals surface area (Å²) < 4.78 is 5.00. The third-order valence-electron chi connectivity index (χ3n) is 1.12. The molecule has 4 heteroatoms. The smallest absolute Gasteiger partial charge is 0.407 e. The maximum Gasteiger partial charge on any atom is 0.407 e. The van der Waals surface area contributed by atoms with E-state index in [1.165, 1.54) is 0 Å². The summed E-state index contributed by atoms with van der Waals surface area (Å²) in [4.78, 5) is 11.1. The van der Waals surface area contributed by atoms with Crippen LogP contribution in [0, 0.1) is 11.8 Å². The van der Waals surface area contributed by atoms with E-state index in [2.05, 4.69) is 17.2 Å². The van der Waals surface area contributed by atoms with E-state index in [0.717, 1.165) is 0 Å². The standard InChI is InChI=1S/C10H17NO3/c1-10(2,3)14-9(13)11-7-5-4-6-8-12/h12H,5,7-8H2,1-3H3,(H,11,13). The number of hydrogen-bond donors (Lipinski definition) is 2. The van der Waals surface area contributed by atoms with Gasteiger partial charge < -0.3 is 15.2 Å². The summed E-state index contributed by atoms with van der Waals surface area (Å²) in [6.45, 7) is 5.70. The van der Waals surface area contributed by atoms with Gasteiger partial charge in [0.2, 0.25) is 0 Å². The molecule has 0 saturated carbocycles. The molecule has 2 N–H and O–H groups in total. The van der Waals surface area contributed by atoms with Crippen LogP contribution < -0.4 is 5.32 Å². The van der Waals surface area contributed by atoms with E-state index >= 15 is 0 Å². The number of amides is 1. The minimum absolute atomic E-state index is 0.146. The van der Waals surface area contributed by atoms with Crippen LogP contribution in [0.3, 0.4) is 0 Å². The van der Waals surface area contributed by atoms with Crippen LogP contribution in [-0.2, 0) is 4.74 Å². The third-order valence-corrected chi connectivity index (χ3v) is 1.12. The number of aliphatic hydroxyl groups is 1. The largest absolute Gasteiger partial charge is 0.444 e. The summed E-state index contributed by atoms with van der Waals surface area (Å²) in [6, 6.07) is 0. The molecular formula is C10H17NO3. The Morgan fingerprint density at radius 2 is 2.07 bits per heavy atom. The lowest BCUT2D eigenvalue weighted by Gasteiger charge is -2.19. The fraction of sp³-hybridized carbons (Fsp3) is 0.700. The first-order valence-corrected chi connectivity index (χ1v) is 4.49. The third kappa shape index (κ3) is 8.88. The topological polar surface area (TPSA) is 58.6 Å². The average Bonchev–Trinajstić information content (AvgIpc) is 2.00. The molecule has 0 aromatic carbocycles. The Labute approximate surface area is 84.6 Å². The fourth-order valence-corrected chi connectivity index (χ4v) is 0.686. The number of nitrogens with one attached hydrogen (secondary N) is 1. The number of aliphatic hydroxyl groups excluding tert-OH is 1. The monoisotopic (exact) mass is 199 g/mol. The molecule has 0 aliphatic carbocycles. The second-order valence-electron chi connectivity index (χ2n) is 3.69. The van der Waals surface area contributed by atoms with Gasteiger partial charge in [-0.3, -0.25) is 0 Å². The van der Waals surface area contributed by atoms with Gasteiger partial charge in [0.05, 0.1) is 0 Å². The van der Waals surface area contributed by atoms with Gasteiger partial charge in [-0.05, 0) is 20.8 Å². The summed E-state index contributed by atoms with van der Waals surface area (Å²) >= 11 is 0. The molecule has 0 spiro atoms. The van der Waals surface area contributed by atoms with Crippen molar-refractivity contribution in [2.45, 2.75) is 32.8 Å². The van der Waals surface area contributed by atoms with Gasteiger partial charge in [0.1, 0.15) is 12.2 Å². The highest BCUT2D eigenvalue weighted by molar-refractivity contribution is 5.67. The fourth-order valence-electron chi connectivity index (χ4n) is 0.686. The van der Waals surface area contributed by atoms with Crippen LogP contribution in [0.25, 0.3) is 0 Å². The Morgan fingerprint density at radius 1 is 1.43 bits per heavy atom. The molecule has 0 aromatic rings. The molecule has 4 nitrogen and oxygen atoms in total. The predicted octanol–water partition coefficient (Wildman–Crippen LogP) is 0.897. The van der Waals surface area contributed by atoms with Gasteiger partial charge >= 0.3 is 6.09 Å². The zero-order chi connectivity index (χ0) is 11.0. The maximum atomic E-state index is 11.1. The van der Waals surface area contributed by atoms with Crippen LogP contribution in [0.5, 0.6) is 0 Å². The lowest BCUT2D eigenvalue weighted by molar-refractivity contribution is 0.0529. The molecule has 1 amide bonds. The van der Waals surface area contributed by atoms with Gasteiger partial charge in [-0.25, -0.2) is 4.79 Å². The van der Waals surface area contributed by atoms with Crippen molar-refractivity contribution >= 4 is 6.09 Å². The molecule has 0 aliphatic heterocycles. The van der Waals surface area contributed by atoms with E-state index in [9.17, 15) is 4.79 Å². The van der Waals surface area contributed by atoms with E-state index in [1.807, 2.05) is 0 Å². The molecule has 0 heterocycles. The molecule has 0 fully saturated rings. The van der Waals surface area contributed by atoms with Crippen LogP contribution in [-0.4, -0.2) is 30.0 Å². The first kappa shape index (κ1) is 12.8. The van der Waals surface area contributed by atoms with Crippen molar-refractivity contribution in [3.8, 4) is 11.8 Å². The Balaban J connectivity index is 3.55. The number of alkyl carbamates (subject to hydrolysis) is 1. The summed E-state index contributed by atoms with van der Waals surface area (Å²) in [6.07, 6.45) is 0.0723. The van der Waals surface area contributed by atoms with Crippen molar-refractivity contribution in [3.05, 3.63) is 0 Å². The first-order valence-electron chi connectivity index (χ1n) is 4.49. The van der Waals surface area contributed by atoms with Crippen LogP contribution in [0.4, 0.5) is 4.79 Å². The van der Waals surface area contributed by atoms with Crippen LogP contribution in [0.2, 0.25) is 0 Å². The van der Waals surface area contributed by atoms with Crippen molar-refractivity contribution in [2.24, 2.45) is 0 Å². The zero-order valence-corrected chi connectivity index (χ0v) is 8.89. The summed E-state index contributed by atoms with van der Waals surface area (Å²) in [7, 11) is 0. The average molecular weight is 199 g/mol. The number of carbonyl (C=O) groups is 1. The number of ether oxygens (including phenoxy) is 1. The van der Waals surface area contributed by atoms with E-state index in [1.54, 1.807) is 20.8 Å². The zero-order valence-electron chi connectivity index (χ0n) is 8.89. The van der Waals surface area contributed by atoms with Crippen molar-refractivity contribution in [3.63, 3.8) is 0 Å². The second kappa shape index (κ2) is 6.28. The predicted molar refractivity (Wildman–Crippen MR) is 53.7 cm³/mol. The molecular weight excluding hydrogens is 182 g/mol. The highest BCUT2D eigenvalue weighted by Gasteiger charge is 2.14. The Hall–Kier alpha value is -1.21. The SMILES string of the molecule is CC(C)(C)OC(=O)NCCC#CCO. The Bertz CT molecular complexity index is 232. The van der Waals surface area contributed by atoms with Crippen LogP contribution >= 0.6 is 0 Å². The summed E-state index contributed by atoms with van der Waals surface area (Å²) in [5, 5.41) is 10.9. The van der Waals surface area contributed by atoms with Crippen molar-refractivity contribution in [1.82, 2.24) is 5.32 Å². The Morgan fingerprint density at radius 3 is 2.57 bits per heavy atom. The normalized spacial score (nSPS) is 10.0. The number of carbonyl (C=O) groups excluding carboxylic acids is 1. The lowest BCUT2D eigenvalue weighted by Crippen LogP contribution is -2.32. The van der Waals surface area contributed by atoms with Gasteiger partial charge in [-0.1, -0.05) is 11.8 Å². The van der Waals surface area contributed by atoms with Gasteiger partial charge in [0, 0.05) is 13.0 Å². The number of hydrogen-bond acceptors (Lipinski definition) is 3. The first-order chi connectivity index (χ1) is 6.45. The van der Waals surface area contributed by atoms with E-state index in [4.69, 9.17) is 9.84 Å². The Kier molecular flexibility index (Phi) is 5.73. The van der Waals surface area contributed by atoms with E-state index < -0.39 is 11.7 Å². The van der Waals surface area contributed by atoms with Crippen molar-refractivity contribution in [2.75, 3.05) is 13.2 Å². The molecule has 0 atom stereocenters. The van der Waals surface area contributed by atoms with Gasteiger partial charge in [0.25, 0.3) is 0 Å². The molecule has 0 radical (unpaired) electrons. The molecule has 0 saturated heterocycles. The highest BCUT2D eigenvalue weighted by atomic mass is 16.6. The molecule has 0 rings (SSSR count). The molecule has 0 aliphatic rings. The molecule has 14 heavy (non-hydrogen) atoms. The van der Waals surface area contributed by atoms with Gasteiger partial charge in [0.15, 0.2) is 0 Å². The van der Waals surface area contributed by atoms with E-state index in [0.29, 0.717) is 13.0 Å². The lowest BCUT2D eigenvalue weighted by atomic mass is 10.2. The molecule has 0 bridgehead atoms. The molecule has 0 aromatic heterocycles. The summed E-state index contributed by atoms with van der Waals surface area (Å²) in [5.41, 5.74) is -0.471. The van der Waals surface area contributed by atoms with Gasteiger partial charge in [-0.15, -0.1) is 0 Å². The highest BCUT2D eigenvalue weighted by Crippen LogP contribution is 2.05. The van der Waals surface area contributed by atoms with E-state index in [-0.39, 0.29) is 6.61 Å². The summed E-state index contributed by atoms with van der Waals surface area (Å²) in [5.74, 6) is 5.17. The maximum absolute atomic E-state index is 11.1. The van der Waals surface area contributed by atoms with Crippen molar-refractivity contribution < 1.29 is 14.6 Å². The van der Waals surface area contributed by atoms with Gasteiger partial charge in [-0.2, -0.15) is 0 Å².